The zero-order chi connectivity index (χ0) is 37.0. The van der Waals surface area contributed by atoms with Crippen LogP contribution in [0.2, 0.25) is 0 Å². The molecule has 3 aliphatic rings. The van der Waals surface area contributed by atoms with Gasteiger partial charge in [0.1, 0.15) is 29.8 Å². The van der Waals surface area contributed by atoms with Crippen molar-refractivity contribution in [3.63, 3.8) is 0 Å². The maximum atomic E-state index is 16.8. The molecule has 0 unspecified atom stereocenters. The fraction of sp³-hybridized carbons (Fsp3) is 0.421. The second kappa shape index (κ2) is 13.7. The van der Waals surface area contributed by atoms with Crippen molar-refractivity contribution in [2.45, 2.75) is 63.2 Å². The molecule has 0 bridgehead atoms. The molecule has 6 heterocycles. The number of hydrogen-bond donors (Lipinski definition) is 0. The highest BCUT2D eigenvalue weighted by Crippen LogP contribution is 2.41. The van der Waals surface area contributed by atoms with Crippen molar-refractivity contribution < 1.29 is 31.6 Å². The molecule has 5 aromatic rings. The van der Waals surface area contributed by atoms with E-state index in [1.807, 2.05) is 18.7 Å². The molecule has 3 atom stereocenters. The number of nitrogens with zero attached hydrogens (tertiary/aromatic N) is 8. The van der Waals surface area contributed by atoms with Crippen LogP contribution in [0.5, 0.6) is 6.01 Å². The van der Waals surface area contributed by atoms with Crippen LogP contribution in [-0.4, -0.2) is 98.4 Å². The summed E-state index contributed by atoms with van der Waals surface area (Å²) in [7, 11) is 1.79. The second-order valence-electron chi connectivity index (χ2n) is 14.5. The third-order valence-electron chi connectivity index (χ3n) is 10.8. The predicted molar refractivity (Wildman–Crippen MR) is 190 cm³/mol. The van der Waals surface area contributed by atoms with E-state index in [4.69, 9.17) is 14.2 Å². The maximum absolute atomic E-state index is 16.8. The van der Waals surface area contributed by atoms with Gasteiger partial charge < -0.3 is 19.1 Å². The molecule has 0 aliphatic carbocycles. The highest BCUT2D eigenvalue weighted by atomic mass is 19.2. The molecule has 276 valence electrons. The van der Waals surface area contributed by atoms with Crippen LogP contribution >= 0.6 is 0 Å². The molecular weight excluding hydrogens is 692 g/mol. The summed E-state index contributed by atoms with van der Waals surface area (Å²) in [6.07, 6.45) is 5.90. The minimum Gasteiger partial charge on any atom is -0.461 e. The Morgan fingerprint density at radius 1 is 1.11 bits per heavy atom. The van der Waals surface area contributed by atoms with Gasteiger partial charge in [0.2, 0.25) is 5.91 Å². The topological polar surface area (TPSA) is 114 Å². The van der Waals surface area contributed by atoms with Gasteiger partial charge in [0, 0.05) is 74.4 Å². The highest BCUT2D eigenvalue weighted by Gasteiger charge is 2.49. The van der Waals surface area contributed by atoms with Gasteiger partial charge in [-0.1, -0.05) is 43.3 Å². The van der Waals surface area contributed by atoms with Gasteiger partial charge in [0.25, 0.3) is 5.89 Å². The first-order chi connectivity index (χ1) is 25.5. The first-order valence-electron chi connectivity index (χ1n) is 17.8. The molecule has 53 heavy (non-hydrogen) atoms. The molecule has 0 radical (unpaired) electrons. The van der Waals surface area contributed by atoms with E-state index in [9.17, 15) is 13.6 Å². The quantitative estimate of drug-likeness (QED) is 0.124. The molecule has 8 rings (SSSR count). The molecule has 3 aliphatic heterocycles. The minimum atomic E-state index is -1.11. The number of aromatic nitrogens is 5. The summed E-state index contributed by atoms with van der Waals surface area (Å²) in [6, 6.07) is 6.82. The number of carbonyl (C=O) groups excluding carboxylic acids is 1. The Bertz CT molecular complexity index is 2250. The molecule has 3 saturated heterocycles. The highest BCUT2D eigenvalue weighted by molar-refractivity contribution is 5.99. The summed E-state index contributed by atoms with van der Waals surface area (Å²) < 4.78 is 72.4. The predicted octanol–water partition coefficient (Wildman–Crippen LogP) is 6.47. The van der Waals surface area contributed by atoms with Gasteiger partial charge in [-0.05, 0) is 37.3 Å². The number of halogens is 4. The summed E-state index contributed by atoms with van der Waals surface area (Å²) in [5.74, 6) is -2.09. The fourth-order valence-corrected chi connectivity index (χ4v) is 7.93. The first-order valence-corrected chi connectivity index (χ1v) is 17.8. The first kappa shape index (κ1) is 34.9. The van der Waals surface area contributed by atoms with Crippen LogP contribution in [0, 0.1) is 17.5 Å². The number of likely N-dealkylation sites (N-methyl/N-ethyl adjacent to an activating group) is 1. The Labute approximate surface area is 302 Å². The van der Waals surface area contributed by atoms with E-state index in [0.29, 0.717) is 49.5 Å². The Hall–Kier alpha value is -5.18. The van der Waals surface area contributed by atoms with Crippen LogP contribution < -0.4 is 9.64 Å². The lowest BCUT2D eigenvalue weighted by atomic mass is 9.95. The molecule has 3 aromatic heterocycles. The summed E-state index contributed by atoms with van der Waals surface area (Å²) in [5.41, 5.74) is -0.781. The normalized spacial score (nSPS) is 21.8. The van der Waals surface area contributed by atoms with Gasteiger partial charge in [-0.25, -0.2) is 17.6 Å². The van der Waals surface area contributed by atoms with E-state index >= 15 is 8.78 Å². The Balaban J connectivity index is 1.13. The van der Waals surface area contributed by atoms with Gasteiger partial charge in [0.05, 0.1) is 10.9 Å². The number of pyridine rings is 1. The van der Waals surface area contributed by atoms with E-state index < -0.39 is 29.2 Å². The van der Waals surface area contributed by atoms with Crippen LogP contribution in [0.15, 0.2) is 47.1 Å². The second-order valence-corrected chi connectivity index (χ2v) is 14.5. The number of carbonyl (C=O) groups is 1. The zero-order valence-electron chi connectivity index (χ0n) is 29.5. The van der Waals surface area contributed by atoms with Crippen molar-refractivity contribution in [1.29, 1.82) is 0 Å². The standard InChI is InChI=1S/C38H38F4N8O3/c1-21(2)35-44-28(53-47-35)10-11-29(51)49-15-12-24(19-49)48(3)36-26-17-43-33(25-7-4-6-22-8-9-27(40)31(41)30(22)25)32(42)34(26)45-37(46-36)52-20-38-13-5-14-50(38)18-23(39)16-38/h4,6-11,17,21,23-24H,5,12-16,18-20H2,1-3H3/t23-,24-,38+/m1/s1. The van der Waals surface area contributed by atoms with E-state index in [2.05, 4.69) is 25.0 Å². The van der Waals surface area contributed by atoms with Crippen LogP contribution in [0.3, 0.4) is 0 Å². The molecule has 3 fully saturated rings. The van der Waals surface area contributed by atoms with Crippen molar-refractivity contribution >= 4 is 39.5 Å². The number of amides is 1. The average molecular weight is 731 g/mol. The smallest absolute Gasteiger partial charge is 0.319 e. The fourth-order valence-electron chi connectivity index (χ4n) is 7.93. The summed E-state index contributed by atoms with van der Waals surface area (Å²) in [5, 5.41) is 4.46. The van der Waals surface area contributed by atoms with Gasteiger partial charge in [0.15, 0.2) is 23.3 Å². The van der Waals surface area contributed by atoms with Crippen LogP contribution in [0.4, 0.5) is 23.4 Å². The van der Waals surface area contributed by atoms with Crippen molar-refractivity contribution in [2.24, 2.45) is 0 Å². The Morgan fingerprint density at radius 2 is 1.96 bits per heavy atom. The number of ether oxygens (including phenoxy) is 1. The molecule has 0 spiro atoms. The Morgan fingerprint density at radius 3 is 2.77 bits per heavy atom. The molecule has 15 heteroatoms. The molecular formula is C38H38F4N8O3. The van der Waals surface area contributed by atoms with Crippen molar-refractivity contribution in [3.05, 3.63) is 71.8 Å². The third-order valence-corrected chi connectivity index (χ3v) is 10.8. The van der Waals surface area contributed by atoms with Gasteiger partial charge in [-0.2, -0.15) is 15.0 Å². The maximum Gasteiger partial charge on any atom is 0.319 e. The Kier molecular flexibility index (Phi) is 8.99. The number of fused-ring (bicyclic) bond motifs is 3. The number of alkyl halides is 1. The van der Waals surface area contributed by atoms with Gasteiger partial charge in [-0.15, -0.1) is 0 Å². The summed E-state index contributed by atoms with van der Waals surface area (Å²) >= 11 is 0. The van der Waals surface area contributed by atoms with Crippen LogP contribution in [0.1, 0.15) is 57.2 Å². The minimum absolute atomic E-state index is 0.0641. The summed E-state index contributed by atoms with van der Waals surface area (Å²) in [6.45, 7) is 5.90. The molecule has 0 N–H and O–H groups in total. The monoisotopic (exact) mass is 730 g/mol. The van der Waals surface area contributed by atoms with E-state index in [1.54, 1.807) is 24.1 Å². The molecule has 2 aromatic carbocycles. The number of rotatable bonds is 9. The van der Waals surface area contributed by atoms with E-state index in [1.165, 1.54) is 30.5 Å². The molecule has 1 amide bonds. The van der Waals surface area contributed by atoms with E-state index in [0.717, 1.165) is 25.5 Å². The number of likely N-dealkylation sites (tertiary alicyclic amines) is 1. The SMILES string of the molecule is CC(C)c1noc(C=CC(=O)N2CC[C@@H](N(C)c3nc(OC[C@@]45CCCN4C[C@H](F)C5)nc4c(F)c(-c5cccc6ccc(F)c(F)c56)ncc34)C2)n1. The van der Waals surface area contributed by atoms with Crippen molar-refractivity contribution in [3.8, 4) is 17.3 Å². The van der Waals surface area contributed by atoms with Gasteiger partial charge >= 0.3 is 6.01 Å². The van der Waals surface area contributed by atoms with Gasteiger partial charge in [-0.3, -0.25) is 14.7 Å². The summed E-state index contributed by atoms with van der Waals surface area (Å²) in [4.78, 5) is 36.7. The molecule has 11 nitrogen and oxygen atoms in total. The molecule has 0 saturated carbocycles. The van der Waals surface area contributed by atoms with Crippen molar-refractivity contribution in [1.82, 2.24) is 34.9 Å². The number of benzene rings is 2. The lowest BCUT2D eigenvalue weighted by Gasteiger charge is -2.31. The lowest BCUT2D eigenvalue weighted by Crippen LogP contribution is -2.43. The average Bonchev–Trinajstić information content (AvgIpc) is 3.96. The number of anilines is 1. The van der Waals surface area contributed by atoms with E-state index in [-0.39, 0.29) is 63.9 Å². The lowest BCUT2D eigenvalue weighted by molar-refractivity contribution is -0.124. The zero-order valence-corrected chi connectivity index (χ0v) is 29.5. The third kappa shape index (κ3) is 6.34. The van der Waals surface area contributed by atoms with Crippen molar-refractivity contribution in [2.75, 3.05) is 44.7 Å². The van der Waals surface area contributed by atoms with Crippen LogP contribution in [-0.2, 0) is 4.79 Å². The largest absolute Gasteiger partial charge is 0.461 e. The number of hydrogen-bond acceptors (Lipinski definition) is 10. The van der Waals surface area contributed by atoms with Crippen LogP contribution in [0.25, 0.3) is 39.0 Å².